The molecule has 6 nitrogen and oxygen atoms in total. The van der Waals surface area contributed by atoms with Crippen molar-refractivity contribution in [2.24, 2.45) is 4.99 Å². The summed E-state index contributed by atoms with van der Waals surface area (Å²) in [5.41, 5.74) is 0. The molecule has 1 aromatic rings. The van der Waals surface area contributed by atoms with Crippen LogP contribution in [0.2, 0.25) is 0 Å². The highest BCUT2D eigenvalue weighted by Gasteiger charge is 2.09. The number of hydrogen-bond donors (Lipinski definition) is 2. The van der Waals surface area contributed by atoms with Crippen molar-refractivity contribution in [2.45, 2.75) is 52.9 Å². The van der Waals surface area contributed by atoms with Gasteiger partial charge in [0, 0.05) is 32.0 Å². The lowest BCUT2D eigenvalue weighted by Gasteiger charge is -2.10. The first-order valence-electron chi connectivity index (χ1n) is 7.52. The molecule has 0 unspecified atom stereocenters. The maximum absolute atomic E-state index is 5.21. The van der Waals surface area contributed by atoms with Gasteiger partial charge in [-0.2, -0.15) is 4.98 Å². The molecule has 2 N–H and O–H groups in total. The van der Waals surface area contributed by atoms with Gasteiger partial charge in [0.1, 0.15) is 0 Å². The van der Waals surface area contributed by atoms with Gasteiger partial charge in [0.15, 0.2) is 11.8 Å². The van der Waals surface area contributed by atoms with Crippen molar-refractivity contribution in [1.29, 1.82) is 0 Å². The summed E-state index contributed by atoms with van der Waals surface area (Å²) in [6, 6.07) is 0. The summed E-state index contributed by atoms with van der Waals surface area (Å²) in [6.07, 6.45) is 2.78. The van der Waals surface area contributed by atoms with Gasteiger partial charge in [0.05, 0.1) is 0 Å². The number of aliphatic imine (C=N–C) groups is 1. The molecule has 7 heteroatoms. The number of nitrogens with zero attached hydrogens (tertiary/aromatic N) is 3. The maximum Gasteiger partial charge on any atom is 0.226 e. The van der Waals surface area contributed by atoms with E-state index >= 15 is 0 Å². The van der Waals surface area contributed by atoms with Crippen LogP contribution in [0.3, 0.4) is 0 Å². The second-order valence-electron chi connectivity index (χ2n) is 4.99. The lowest BCUT2D eigenvalue weighted by molar-refractivity contribution is 0.368. The lowest BCUT2D eigenvalue weighted by Crippen LogP contribution is -2.38. The summed E-state index contributed by atoms with van der Waals surface area (Å²) in [5, 5.41) is 10.5. The molecule has 21 heavy (non-hydrogen) atoms. The summed E-state index contributed by atoms with van der Waals surface area (Å²) in [7, 11) is 0. The first-order valence-corrected chi connectivity index (χ1v) is 7.52. The largest absolute Gasteiger partial charge is 0.357 e. The van der Waals surface area contributed by atoms with E-state index in [0.717, 1.165) is 50.7 Å². The van der Waals surface area contributed by atoms with Crippen LogP contribution in [-0.4, -0.2) is 35.7 Å². The van der Waals surface area contributed by atoms with E-state index in [1.165, 1.54) is 0 Å². The Balaban J connectivity index is 0.00000400. The van der Waals surface area contributed by atoms with Crippen LogP contribution in [-0.2, 0) is 6.42 Å². The van der Waals surface area contributed by atoms with Gasteiger partial charge in [0.2, 0.25) is 5.89 Å². The third-order valence-corrected chi connectivity index (χ3v) is 2.70. The van der Waals surface area contributed by atoms with E-state index in [1.807, 2.05) is 0 Å². The van der Waals surface area contributed by atoms with Gasteiger partial charge < -0.3 is 15.2 Å². The van der Waals surface area contributed by atoms with E-state index in [1.54, 1.807) is 0 Å². The molecular formula is C14H28IN5O. The van der Waals surface area contributed by atoms with Gasteiger partial charge in [-0.3, -0.25) is 4.99 Å². The van der Waals surface area contributed by atoms with Gasteiger partial charge in [-0.05, 0) is 19.8 Å². The number of hydrogen-bond acceptors (Lipinski definition) is 4. The van der Waals surface area contributed by atoms with Crippen LogP contribution < -0.4 is 10.6 Å². The molecule has 0 amide bonds. The molecule has 0 spiro atoms. The van der Waals surface area contributed by atoms with Gasteiger partial charge >= 0.3 is 0 Å². The second kappa shape index (κ2) is 11.8. The van der Waals surface area contributed by atoms with Crippen LogP contribution in [0, 0.1) is 0 Å². The summed E-state index contributed by atoms with van der Waals surface area (Å²) >= 11 is 0. The number of halogens is 1. The molecule has 1 aromatic heterocycles. The number of guanidine groups is 1. The molecule has 0 saturated heterocycles. The molecule has 0 radical (unpaired) electrons. The minimum absolute atomic E-state index is 0. The Bertz CT molecular complexity index is 406. The Morgan fingerprint density at radius 2 is 2.05 bits per heavy atom. The standard InChI is InChI=1S/C14H27N5O.HI/c1-5-9-16-14(15-6-2)17-10-7-8-12-18-13(11(3)4)19-20-12;/h11H,5-10H2,1-4H3,(H2,15,16,17);1H. The molecule has 0 bridgehead atoms. The molecule has 0 aliphatic carbocycles. The van der Waals surface area contributed by atoms with Crippen molar-refractivity contribution in [2.75, 3.05) is 19.6 Å². The fourth-order valence-electron chi connectivity index (χ4n) is 1.62. The molecule has 0 fully saturated rings. The molecule has 0 aliphatic rings. The van der Waals surface area contributed by atoms with Gasteiger partial charge in [-0.25, -0.2) is 0 Å². The highest BCUT2D eigenvalue weighted by Crippen LogP contribution is 2.10. The van der Waals surface area contributed by atoms with Crippen LogP contribution in [0.15, 0.2) is 9.52 Å². The molecule has 0 atom stereocenters. The minimum Gasteiger partial charge on any atom is -0.357 e. The molecule has 122 valence electrons. The van der Waals surface area contributed by atoms with E-state index in [-0.39, 0.29) is 24.0 Å². The van der Waals surface area contributed by atoms with Crippen LogP contribution >= 0.6 is 24.0 Å². The molecule has 0 aliphatic heterocycles. The van der Waals surface area contributed by atoms with E-state index < -0.39 is 0 Å². The Kier molecular flexibility index (Phi) is 11.3. The van der Waals surface area contributed by atoms with Crippen molar-refractivity contribution >= 4 is 29.9 Å². The summed E-state index contributed by atoms with van der Waals surface area (Å²) in [5.74, 6) is 2.69. The minimum atomic E-state index is 0. The SMILES string of the molecule is CCCN=C(NCC)NCCCc1nc(C(C)C)no1.I. The van der Waals surface area contributed by atoms with Crippen molar-refractivity contribution in [3.8, 4) is 0 Å². The smallest absolute Gasteiger partial charge is 0.226 e. The van der Waals surface area contributed by atoms with Crippen LogP contribution in [0.1, 0.15) is 58.2 Å². The Morgan fingerprint density at radius 1 is 1.29 bits per heavy atom. The second-order valence-corrected chi connectivity index (χ2v) is 4.99. The zero-order valence-corrected chi connectivity index (χ0v) is 15.8. The quantitative estimate of drug-likeness (QED) is 0.299. The number of nitrogens with one attached hydrogen (secondary N) is 2. The first kappa shape index (κ1) is 20.1. The van der Waals surface area contributed by atoms with Crippen LogP contribution in [0.5, 0.6) is 0 Å². The number of aryl methyl sites for hydroxylation is 1. The normalized spacial score (nSPS) is 11.4. The predicted octanol–water partition coefficient (Wildman–Crippen LogP) is 2.71. The molecule has 1 rings (SSSR count). The van der Waals surface area contributed by atoms with E-state index in [2.05, 4.69) is 53.5 Å². The molecule has 0 saturated carbocycles. The highest BCUT2D eigenvalue weighted by molar-refractivity contribution is 14.0. The van der Waals surface area contributed by atoms with E-state index in [0.29, 0.717) is 11.8 Å². The van der Waals surface area contributed by atoms with Gasteiger partial charge in [-0.15, -0.1) is 24.0 Å². The van der Waals surface area contributed by atoms with Crippen molar-refractivity contribution in [3.63, 3.8) is 0 Å². The Labute approximate surface area is 144 Å². The fraction of sp³-hybridized carbons (Fsp3) is 0.786. The monoisotopic (exact) mass is 409 g/mol. The van der Waals surface area contributed by atoms with Crippen molar-refractivity contribution in [1.82, 2.24) is 20.8 Å². The van der Waals surface area contributed by atoms with Crippen LogP contribution in [0.25, 0.3) is 0 Å². The Hall–Kier alpha value is -0.860. The third kappa shape index (κ3) is 8.23. The maximum atomic E-state index is 5.21. The predicted molar refractivity (Wildman–Crippen MR) is 96.4 cm³/mol. The summed E-state index contributed by atoms with van der Waals surface area (Å²) in [4.78, 5) is 8.81. The van der Waals surface area contributed by atoms with E-state index in [9.17, 15) is 0 Å². The van der Waals surface area contributed by atoms with Crippen molar-refractivity contribution < 1.29 is 4.52 Å². The number of aromatic nitrogens is 2. The lowest BCUT2D eigenvalue weighted by atomic mass is 10.2. The fourth-order valence-corrected chi connectivity index (χ4v) is 1.62. The number of rotatable bonds is 8. The average Bonchev–Trinajstić information content (AvgIpc) is 2.89. The average molecular weight is 409 g/mol. The molecule has 0 aromatic carbocycles. The zero-order chi connectivity index (χ0) is 14.8. The molecule has 1 heterocycles. The van der Waals surface area contributed by atoms with Gasteiger partial charge in [0.25, 0.3) is 0 Å². The summed E-state index contributed by atoms with van der Waals surface area (Å²) < 4.78 is 5.21. The van der Waals surface area contributed by atoms with Crippen molar-refractivity contribution in [3.05, 3.63) is 11.7 Å². The first-order chi connectivity index (χ1) is 9.67. The highest BCUT2D eigenvalue weighted by atomic mass is 127. The topological polar surface area (TPSA) is 75.3 Å². The van der Waals surface area contributed by atoms with E-state index in [4.69, 9.17) is 4.52 Å². The zero-order valence-electron chi connectivity index (χ0n) is 13.5. The Morgan fingerprint density at radius 3 is 2.62 bits per heavy atom. The molecular weight excluding hydrogens is 381 g/mol. The van der Waals surface area contributed by atoms with Gasteiger partial charge in [-0.1, -0.05) is 25.9 Å². The third-order valence-electron chi connectivity index (χ3n) is 2.70. The summed E-state index contributed by atoms with van der Waals surface area (Å²) in [6.45, 7) is 10.9. The van der Waals surface area contributed by atoms with Crippen LogP contribution in [0.4, 0.5) is 0 Å².